The summed E-state index contributed by atoms with van der Waals surface area (Å²) in [6.45, 7) is 4.50. The first kappa shape index (κ1) is 13.0. The van der Waals surface area contributed by atoms with Crippen molar-refractivity contribution in [2.75, 3.05) is 6.61 Å². The fraction of sp³-hybridized carbons (Fsp3) is 0.214. The van der Waals surface area contributed by atoms with Gasteiger partial charge in [0.1, 0.15) is 5.75 Å². The van der Waals surface area contributed by atoms with Crippen LogP contribution in [0, 0.1) is 6.92 Å². The summed E-state index contributed by atoms with van der Waals surface area (Å²) in [6, 6.07) is 8.78. The van der Waals surface area contributed by atoms with Crippen LogP contribution in [0.2, 0.25) is 0 Å². The zero-order valence-electron chi connectivity index (χ0n) is 10.8. The highest BCUT2D eigenvalue weighted by Gasteiger charge is 2.08. The van der Waals surface area contributed by atoms with Gasteiger partial charge >= 0.3 is 5.97 Å². The molecule has 0 amide bonds. The van der Waals surface area contributed by atoms with Crippen molar-refractivity contribution in [1.82, 2.24) is 10.2 Å². The summed E-state index contributed by atoms with van der Waals surface area (Å²) in [5.41, 5.74) is 2.46. The van der Waals surface area contributed by atoms with Crippen LogP contribution in [0.4, 0.5) is 0 Å². The Hall–Kier alpha value is -2.43. The molecule has 98 valence electrons. The summed E-state index contributed by atoms with van der Waals surface area (Å²) < 4.78 is 5.46. The first-order valence-electron chi connectivity index (χ1n) is 5.92. The van der Waals surface area contributed by atoms with Crippen LogP contribution in [0.5, 0.6) is 5.75 Å². The van der Waals surface area contributed by atoms with Crippen LogP contribution in [0.25, 0.3) is 11.3 Å². The Morgan fingerprint density at radius 3 is 2.58 bits per heavy atom. The lowest BCUT2D eigenvalue weighted by molar-refractivity contribution is 0.0689. The molecule has 2 aromatic rings. The molecule has 0 aliphatic carbocycles. The molecule has 0 aliphatic heterocycles. The van der Waals surface area contributed by atoms with Gasteiger partial charge in [0.25, 0.3) is 0 Å². The topological polar surface area (TPSA) is 72.3 Å². The van der Waals surface area contributed by atoms with Gasteiger partial charge in [0.05, 0.1) is 12.3 Å². The van der Waals surface area contributed by atoms with E-state index in [0.717, 1.165) is 16.9 Å². The van der Waals surface area contributed by atoms with Gasteiger partial charge in [-0.15, -0.1) is 10.2 Å². The number of nitrogens with zero attached hydrogens (tertiary/aromatic N) is 2. The molecule has 1 aromatic heterocycles. The third-order valence-electron chi connectivity index (χ3n) is 2.65. The second-order valence-electron chi connectivity index (χ2n) is 4.02. The van der Waals surface area contributed by atoms with Crippen molar-refractivity contribution in [3.8, 4) is 17.0 Å². The number of aromatic nitrogens is 2. The third-order valence-corrected chi connectivity index (χ3v) is 2.65. The van der Waals surface area contributed by atoms with Crippen molar-refractivity contribution in [2.45, 2.75) is 13.8 Å². The Labute approximate surface area is 110 Å². The van der Waals surface area contributed by atoms with Crippen LogP contribution < -0.4 is 4.74 Å². The van der Waals surface area contributed by atoms with Crippen molar-refractivity contribution in [3.63, 3.8) is 0 Å². The molecule has 0 saturated heterocycles. The van der Waals surface area contributed by atoms with E-state index in [4.69, 9.17) is 9.84 Å². The highest BCUT2D eigenvalue weighted by Crippen LogP contribution is 2.24. The summed E-state index contributed by atoms with van der Waals surface area (Å²) in [5.74, 6) is -0.247. The lowest BCUT2D eigenvalue weighted by atomic mass is 10.1. The van der Waals surface area contributed by atoms with Gasteiger partial charge in [-0.1, -0.05) is 0 Å². The predicted molar refractivity (Wildman–Crippen MR) is 70.3 cm³/mol. The second kappa shape index (κ2) is 5.48. The normalized spacial score (nSPS) is 10.2. The molecule has 1 aromatic carbocycles. The van der Waals surface area contributed by atoms with E-state index >= 15 is 0 Å². The molecule has 5 heteroatoms. The molecule has 0 unspecified atom stereocenters. The quantitative estimate of drug-likeness (QED) is 0.912. The fourth-order valence-corrected chi connectivity index (χ4v) is 1.73. The van der Waals surface area contributed by atoms with Crippen LogP contribution in [0.3, 0.4) is 0 Å². The van der Waals surface area contributed by atoms with Crippen LogP contribution in [-0.2, 0) is 0 Å². The van der Waals surface area contributed by atoms with E-state index in [1.807, 2.05) is 32.0 Å². The average Bonchev–Trinajstić information content (AvgIpc) is 2.41. The summed E-state index contributed by atoms with van der Waals surface area (Å²) in [4.78, 5) is 10.7. The van der Waals surface area contributed by atoms with Gasteiger partial charge in [-0.05, 0) is 49.7 Å². The molecule has 5 nitrogen and oxygen atoms in total. The Bertz CT molecular complexity index is 594. The van der Waals surface area contributed by atoms with Gasteiger partial charge in [-0.2, -0.15) is 0 Å². The van der Waals surface area contributed by atoms with Crippen molar-refractivity contribution >= 4 is 5.97 Å². The molecule has 0 atom stereocenters. The van der Waals surface area contributed by atoms with Crippen LogP contribution >= 0.6 is 0 Å². The molecule has 0 spiro atoms. The van der Waals surface area contributed by atoms with Gasteiger partial charge in [0, 0.05) is 5.56 Å². The minimum Gasteiger partial charge on any atom is -0.494 e. The first-order chi connectivity index (χ1) is 9.11. The van der Waals surface area contributed by atoms with E-state index in [0.29, 0.717) is 12.3 Å². The molecular weight excluding hydrogens is 244 g/mol. The highest BCUT2D eigenvalue weighted by atomic mass is 16.5. The largest absolute Gasteiger partial charge is 0.494 e. The summed E-state index contributed by atoms with van der Waals surface area (Å²) in [7, 11) is 0. The maximum Gasteiger partial charge on any atom is 0.356 e. The Kier molecular flexibility index (Phi) is 3.75. The molecule has 0 saturated carbocycles. The molecule has 2 rings (SSSR count). The van der Waals surface area contributed by atoms with Gasteiger partial charge < -0.3 is 9.84 Å². The number of hydrogen-bond donors (Lipinski definition) is 1. The molecular formula is C14H14N2O3. The maximum absolute atomic E-state index is 10.7. The Morgan fingerprint density at radius 2 is 2.05 bits per heavy atom. The minimum absolute atomic E-state index is 0.0635. The van der Waals surface area contributed by atoms with Crippen molar-refractivity contribution in [3.05, 3.63) is 41.6 Å². The zero-order chi connectivity index (χ0) is 13.8. The van der Waals surface area contributed by atoms with Gasteiger partial charge in [0.15, 0.2) is 5.69 Å². The van der Waals surface area contributed by atoms with Crippen molar-refractivity contribution < 1.29 is 14.6 Å². The molecule has 1 N–H and O–H groups in total. The molecule has 19 heavy (non-hydrogen) atoms. The van der Waals surface area contributed by atoms with Gasteiger partial charge in [-0.25, -0.2) is 4.79 Å². The van der Waals surface area contributed by atoms with Crippen LogP contribution in [0.1, 0.15) is 23.0 Å². The second-order valence-corrected chi connectivity index (χ2v) is 4.02. The third kappa shape index (κ3) is 2.88. The molecule has 0 aliphatic rings. The fourth-order valence-electron chi connectivity index (χ4n) is 1.73. The number of carboxylic acid groups (broad SMARTS) is 1. The summed E-state index contributed by atoms with van der Waals surface area (Å²) in [6.07, 6.45) is 0. The smallest absolute Gasteiger partial charge is 0.356 e. The number of aromatic carboxylic acids is 1. The standard InChI is InChI=1S/C14H14N2O3/c1-3-19-13-7-4-10(8-9(13)2)11-5-6-12(14(17)18)16-15-11/h4-8H,3H2,1-2H3,(H,17,18). The van der Waals surface area contributed by atoms with E-state index in [2.05, 4.69) is 10.2 Å². The molecule has 1 heterocycles. The highest BCUT2D eigenvalue weighted by molar-refractivity contribution is 5.85. The SMILES string of the molecule is CCOc1ccc(-c2ccc(C(=O)O)nn2)cc1C. The maximum atomic E-state index is 10.7. The number of carbonyl (C=O) groups is 1. The van der Waals surface area contributed by atoms with Crippen molar-refractivity contribution in [2.24, 2.45) is 0 Å². The monoisotopic (exact) mass is 258 g/mol. The van der Waals surface area contributed by atoms with Gasteiger partial charge in [-0.3, -0.25) is 0 Å². The van der Waals surface area contributed by atoms with Crippen molar-refractivity contribution in [1.29, 1.82) is 0 Å². The molecule has 0 radical (unpaired) electrons. The average molecular weight is 258 g/mol. The summed E-state index contributed by atoms with van der Waals surface area (Å²) in [5, 5.41) is 16.3. The Morgan fingerprint density at radius 1 is 1.26 bits per heavy atom. The number of aryl methyl sites for hydroxylation is 1. The lowest BCUT2D eigenvalue weighted by Gasteiger charge is -2.08. The Balaban J connectivity index is 2.31. The lowest BCUT2D eigenvalue weighted by Crippen LogP contribution is -2.02. The molecule has 0 fully saturated rings. The number of rotatable bonds is 4. The van der Waals surface area contributed by atoms with Crippen LogP contribution in [0.15, 0.2) is 30.3 Å². The minimum atomic E-state index is -1.08. The zero-order valence-corrected chi connectivity index (χ0v) is 10.8. The van der Waals surface area contributed by atoms with E-state index in [-0.39, 0.29) is 5.69 Å². The first-order valence-corrected chi connectivity index (χ1v) is 5.92. The van der Waals surface area contributed by atoms with Crippen LogP contribution in [-0.4, -0.2) is 27.9 Å². The number of hydrogen-bond acceptors (Lipinski definition) is 4. The van der Waals surface area contributed by atoms with E-state index < -0.39 is 5.97 Å². The number of carboxylic acids is 1. The molecule has 0 bridgehead atoms. The summed E-state index contributed by atoms with van der Waals surface area (Å²) >= 11 is 0. The van der Waals surface area contributed by atoms with Gasteiger partial charge in [0.2, 0.25) is 0 Å². The van der Waals surface area contributed by atoms with E-state index in [1.54, 1.807) is 6.07 Å². The number of benzene rings is 1. The number of ether oxygens (including phenoxy) is 1. The van der Waals surface area contributed by atoms with E-state index in [9.17, 15) is 4.79 Å². The van der Waals surface area contributed by atoms with E-state index in [1.165, 1.54) is 6.07 Å². The predicted octanol–water partition coefficient (Wildman–Crippen LogP) is 2.55.